The zero-order valence-corrected chi connectivity index (χ0v) is 38.8. The average molecular weight is 900 g/mol. The van der Waals surface area contributed by atoms with Crippen molar-refractivity contribution in [3.05, 3.63) is 36.5 Å². The van der Waals surface area contributed by atoms with Gasteiger partial charge in [0.2, 0.25) is 5.91 Å². The van der Waals surface area contributed by atoms with E-state index in [9.17, 15) is 45.6 Å². The summed E-state index contributed by atoms with van der Waals surface area (Å²) < 4.78 is 22.4. The second-order valence-electron chi connectivity index (χ2n) is 17.6. The van der Waals surface area contributed by atoms with E-state index in [-0.39, 0.29) is 18.9 Å². The molecule has 0 aromatic rings. The van der Waals surface area contributed by atoms with E-state index < -0.39 is 86.8 Å². The first-order valence-corrected chi connectivity index (χ1v) is 24.7. The van der Waals surface area contributed by atoms with Gasteiger partial charge in [-0.3, -0.25) is 4.79 Å². The van der Waals surface area contributed by atoms with Crippen LogP contribution in [-0.2, 0) is 23.7 Å². The Kier molecular flexibility index (Phi) is 33.1. The van der Waals surface area contributed by atoms with Crippen LogP contribution < -0.4 is 5.32 Å². The van der Waals surface area contributed by atoms with Gasteiger partial charge in [0.15, 0.2) is 12.6 Å². The van der Waals surface area contributed by atoms with Gasteiger partial charge in [0.25, 0.3) is 0 Å². The molecule has 0 aromatic carbocycles. The molecule has 0 spiro atoms. The van der Waals surface area contributed by atoms with Gasteiger partial charge < -0.3 is 65.1 Å². The Morgan fingerprint density at radius 1 is 0.556 bits per heavy atom. The van der Waals surface area contributed by atoms with E-state index in [1.807, 2.05) is 13.0 Å². The number of rotatable bonds is 37. The fraction of sp³-hybridized carbons (Fsp3) is 0.857. The Bertz CT molecular complexity index is 1200. The summed E-state index contributed by atoms with van der Waals surface area (Å²) >= 11 is 0. The molecule has 9 N–H and O–H groups in total. The molecule has 2 saturated heterocycles. The molecule has 368 valence electrons. The fourth-order valence-corrected chi connectivity index (χ4v) is 7.95. The molecule has 2 heterocycles. The van der Waals surface area contributed by atoms with Gasteiger partial charge in [-0.2, -0.15) is 0 Å². The van der Waals surface area contributed by atoms with E-state index >= 15 is 0 Å². The van der Waals surface area contributed by atoms with Crippen molar-refractivity contribution in [1.82, 2.24) is 5.32 Å². The Labute approximate surface area is 379 Å². The Balaban J connectivity index is 1.65. The molecule has 2 aliphatic heterocycles. The van der Waals surface area contributed by atoms with Gasteiger partial charge in [-0.05, 0) is 44.9 Å². The quantitative estimate of drug-likeness (QED) is 0.0261. The maximum Gasteiger partial charge on any atom is 0.220 e. The number of aliphatic hydroxyl groups excluding tert-OH is 8. The van der Waals surface area contributed by atoms with Gasteiger partial charge >= 0.3 is 0 Å². The van der Waals surface area contributed by atoms with Crippen molar-refractivity contribution in [2.45, 2.75) is 248 Å². The van der Waals surface area contributed by atoms with Crippen molar-refractivity contribution in [3.8, 4) is 0 Å². The number of carbonyl (C=O) groups is 1. The monoisotopic (exact) mass is 900 g/mol. The summed E-state index contributed by atoms with van der Waals surface area (Å²) in [5, 5.41) is 85.8. The number of carbonyl (C=O) groups excluding carboxylic acids is 1. The largest absolute Gasteiger partial charge is 0.394 e. The zero-order valence-electron chi connectivity index (χ0n) is 38.8. The highest BCUT2D eigenvalue weighted by Gasteiger charge is 2.51. The Morgan fingerprint density at radius 3 is 1.54 bits per heavy atom. The Morgan fingerprint density at radius 2 is 1.02 bits per heavy atom. The molecule has 0 radical (unpaired) electrons. The lowest BCUT2D eigenvalue weighted by molar-refractivity contribution is -0.359. The van der Waals surface area contributed by atoms with E-state index in [0.29, 0.717) is 12.8 Å². The van der Waals surface area contributed by atoms with Gasteiger partial charge in [0.05, 0.1) is 32.0 Å². The van der Waals surface area contributed by atoms with Gasteiger partial charge in [-0.25, -0.2) is 0 Å². The number of allylic oxidation sites excluding steroid dienone is 5. The smallest absolute Gasteiger partial charge is 0.220 e. The fourth-order valence-electron chi connectivity index (χ4n) is 7.95. The van der Waals surface area contributed by atoms with Crippen LogP contribution in [0.25, 0.3) is 0 Å². The highest BCUT2D eigenvalue weighted by atomic mass is 16.7. The third-order valence-corrected chi connectivity index (χ3v) is 12.1. The maximum atomic E-state index is 12.7. The molecule has 1 amide bonds. The molecule has 0 bridgehead atoms. The number of amides is 1. The lowest BCUT2D eigenvalue weighted by atomic mass is 9.97. The number of unbranched alkanes of at least 4 members (excludes halogenated alkanes) is 20. The first-order chi connectivity index (χ1) is 30.6. The predicted molar refractivity (Wildman–Crippen MR) is 244 cm³/mol. The average Bonchev–Trinajstić information content (AvgIpc) is 3.28. The van der Waals surface area contributed by atoms with Crippen molar-refractivity contribution < 1.29 is 64.6 Å². The van der Waals surface area contributed by atoms with Crippen LogP contribution in [0.5, 0.6) is 0 Å². The van der Waals surface area contributed by atoms with Crippen molar-refractivity contribution in [1.29, 1.82) is 0 Å². The highest BCUT2D eigenvalue weighted by Crippen LogP contribution is 2.30. The van der Waals surface area contributed by atoms with E-state index in [2.05, 4.69) is 36.5 Å². The topological polar surface area (TPSA) is 228 Å². The number of hydrogen-bond acceptors (Lipinski definition) is 13. The van der Waals surface area contributed by atoms with E-state index in [0.717, 1.165) is 32.1 Å². The molecule has 14 heteroatoms. The summed E-state index contributed by atoms with van der Waals surface area (Å²) in [5.74, 6) is -0.290. The van der Waals surface area contributed by atoms with Crippen LogP contribution in [0.2, 0.25) is 0 Å². The maximum absolute atomic E-state index is 12.7. The minimum Gasteiger partial charge on any atom is -0.394 e. The van der Waals surface area contributed by atoms with E-state index in [4.69, 9.17) is 18.9 Å². The molecule has 2 aliphatic rings. The SMILES string of the molecule is CCCCCCCCCCCCCCCCCCC/C=C/CC/C=C/CC/C=C/C(O)C(COC1OC(CO)C(OC2OC(CO)C(O)C(O)C2O)C(O)C1O)NC(=O)CCCC. The number of aliphatic hydroxyl groups is 8. The molecular weight excluding hydrogens is 811 g/mol. The zero-order chi connectivity index (χ0) is 46.1. The van der Waals surface area contributed by atoms with Crippen LogP contribution in [0.4, 0.5) is 0 Å². The molecule has 0 aromatic heterocycles. The molecule has 14 nitrogen and oxygen atoms in total. The summed E-state index contributed by atoms with van der Waals surface area (Å²) in [5.41, 5.74) is 0. The van der Waals surface area contributed by atoms with Gasteiger partial charge in [0.1, 0.15) is 48.8 Å². The van der Waals surface area contributed by atoms with Crippen molar-refractivity contribution >= 4 is 5.91 Å². The lowest BCUT2D eigenvalue weighted by Crippen LogP contribution is -2.65. The van der Waals surface area contributed by atoms with Crippen molar-refractivity contribution in [3.63, 3.8) is 0 Å². The predicted octanol–water partition coefficient (Wildman–Crippen LogP) is 5.93. The molecule has 63 heavy (non-hydrogen) atoms. The molecular formula is C49H89NO13. The summed E-state index contributed by atoms with van der Waals surface area (Å²) in [7, 11) is 0. The van der Waals surface area contributed by atoms with Crippen molar-refractivity contribution in [2.24, 2.45) is 0 Å². The standard InChI is InChI=1S/C49H89NO13/c1-3-5-7-8-9-10-11-12-13-14-15-16-17-18-19-20-21-22-23-24-25-26-27-28-29-30-31-32-38(53)37(50-41(54)33-6-4-2)36-60-48-46(59)44(57)47(40(35-52)62-48)63-49-45(58)43(56)42(55)39(34-51)61-49/h23-24,27-28,31-32,37-40,42-49,51-53,55-59H,3-22,25-26,29-30,33-36H2,1-2H3,(H,50,54)/b24-23+,28-27+,32-31+. The minimum atomic E-state index is -1.79. The normalized spacial score (nSPS) is 27.8. The second-order valence-corrected chi connectivity index (χ2v) is 17.6. The molecule has 0 aliphatic carbocycles. The first-order valence-electron chi connectivity index (χ1n) is 24.7. The number of nitrogens with one attached hydrogen (secondary N) is 1. The van der Waals surface area contributed by atoms with Crippen LogP contribution in [-0.4, -0.2) is 140 Å². The molecule has 2 fully saturated rings. The van der Waals surface area contributed by atoms with E-state index in [1.165, 1.54) is 109 Å². The summed E-state index contributed by atoms with van der Waals surface area (Å²) in [6.07, 6.45) is 25.0. The van der Waals surface area contributed by atoms with Crippen LogP contribution in [0.3, 0.4) is 0 Å². The molecule has 2 rings (SSSR count). The third kappa shape index (κ3) is 24.0. The van der Waals surface area contributed by atoms with Crippen LogP contribution in [0.1, 0.15) is 174 Å². The molecule has 12 unspecified atom stereocenters. The summed E-state index contributed by atoms with van der Waals surface area (Å²) in [6, 6.07) is -0.930. The lowest BCUT2D eigenvalue weighted by Gasteiger charge is -2.46. The highest BCUT2D eigenvalue weighted by molar-refractivity contribution is 5.76. The number of hydrogen-bond donors (Lipinski definition) is 9. The van der Waals surface area contributed by atoms with Gasteiger partial charge in [-0.1, -0.05) is 159 Å². The minimum absolute atomic E-state index is 0.244. The van der Waals surface area contributed by atoms with Crippen LogP contribution in [0, 0.1) is 0 Å². The summed E-state index contributed by atoms with van der Waals surface area (Å²) in [6.45, 7) is 2.49. The van der Waals surface area contributed by atoms with Gasteiger partial charge in [-0.15, -0.1) is 0 Å². The second kappa shape index (κ2) is 36.3. The van der Waals surface area contributed by atoms with Crippen LogP contribution in [0.15, 0.2) is 36.5 Å². The molecule has 0 saturated carbocycles. The molecule has 12 atom stereocenters. The first kappa shape index (κ1) is 57.3. The van der Waals surface area contributed by atoms with E-state index in [1.54, 1.807) is 6.08 Å². The van der Waals surface area contributed by atoms with Crippen molar-refractivity contribution in [2.75, 3.05) is 19.8 Å². The summed E-state index contributed by atoms with van der Waals surface area (Å²) in [4.78, 5) is 12.7. The van der Waals surface area contributed by atoms with Gasteiger partial charge in [0, 0.05) is 6.42 Å². The number of ether oxygens (including phenoxy) is 4. The third-order valence-electron chi connectivity index (χ3n) is 12.1. The Hall–Kier alpha value is -1.79. The van der Waals surface area contributed by atoms with Crippen LogP contribution >= 0.6 is 0 Å².